The molecule has 1 N–H and O–H groups in total. The zero-order valence-corrected chi connectivity index (χ0v) is 11.8. The monoisotopic (exact) mass is 292 g/mol. The van der Waals surface area contributed by atoms with Crippen molar-refractivity contribution in [3.63, 3.8) is 0 Å². The lowest BCUT2D eigenvalue weighted by Crippen LogP contribution is -2.43. The first-order chi connectivity index (χ1) is 8.33. The van der Waals surface area contributed by atoms with Crippen molar-refractivity contribution in [3.05, 3.63) is 30.3 Å². The van der Waals surface area contributed by atoms with Gasteiger partial charge in [-0.2, -0.15) is 0 Å². The Labute approximate surface area is 109 Å². The first kappa shape index (κ1) is 15.3. The van der Waals surface area contributed by atoms with Crippen LogP contribution in [0, 0.1) is 0 Å². The SMILES string of the molecule is CCOC(C)(CS(=O)O)S(=O)(=O)c1ccccc1. The van der Waals surface area contributed by atoms with Crippen molar-refractivity contribution >= 4 is 20.9 Å². The molecule has 0 aromatic heterocycles. The van der Waals surface area contributed by atoms with Crippen LogP contribution in [-0.2, 0) is 25.7 Å². The number of rotatable bonds is 6. The minimum atomic E-state index is -3.83. The Hall–Kier alpha value is -0.760. The molecule has 7 heteroatoms. The molecule has 0 radical (unpaired) electrons. The van der Waals surface area contributed by atoms with E-state index in [0.717, 1.165) is 0 Å². The van der Waals surface area contributed by atoms with Crippen LogP contribution < -0.4 is 0 Å². The molecular formula is C11H16O5S2. The molecule has 0 bridgehead atoms. The highest BCUT2D eigenvalue weighted by atomic mass is 32.2. The van der Waals surface area contributed by atoms with Gasteiger partial charge >= 0.3 is 0 Å². The van der Waals surface area contributed by atoms with E-state index in [-0.39, 0.29) is 11.5 Å². The molecule has 0 aliphatic carbocycles. The molecule has 0 heterocycles. The van der Waals surface area contributed by atoms with Crippen LogP contribution in [0.25, 0.3) is 0 Å². The van der Waals surface area contributed by atoms with E-state index >= 15 is 0 Å². The average Bonchev–Trinajstić information content (AvgIpc) is 2.29. The van der Waals surface area contributed by atoms with Crippen LogP contribution in [-0.4, -0.2) is 34.5 Å². The van der Waals surface area contributed by atoms with Crippen molar-refractivity contribution in [3.8, 4) is 0 Å². The average molecular weight is 292 g/mol. The van der Waals surface area contributed by atoms with Crippen molar-refractivity contribution in [1.82, 2.24) is 0 Å². The second-order valence-corrected chi connectivity index (χ2v) is 7.12. The molecule has 0 fully saturated rings. The Bertz CT molecular complexity index is 511. The van der Waals surface area contributed by atoms with E-state index in [1.54, 1.807) is 25.1 Å². The Balaban J connectivity index is 3.24. The largest absolute Gasteiger partial charge is 0.358 e. The number of hydrogen-bond donors (Lipinski definition) is 1. The fraction of sp³-hybridized carbons (Fsp3) is 0.455. The lowest BCUT2D eigenvalue weighted by atomic mass is 10.4. The predicted octanol–water partition coefficient (Wildman–Crippen LogP) is 1.43. The molecule has 18 heavy (non-hydrogen) atoms. The van der Waals surface area contributed by atoms with Gasteiger partial charge in [0.15, 0.2) is 16.0 Å². The lowest BCUT2D eigenvalue weighted by molar-refractivity contribution is 0.0560. The fourth-order valence-corrected chi connectivity index (χ4v) is 4.32. The highest BCUT2D eigenvalue weighted by Crippen LogP contribution is 2.27. The Kier molecular flexibility index (Phi) is 5.03. The summed E-state index contributed by atoms with van der Waals surface area (Å²) < 4.78 is 49.9. The third kappa shape index (κ3) is 3.17. The molecule has 0 aliphatic rings. The summed E-state index contributed by atoms with van der Waals surface area (Å²) in [5.41, 5.74) is 0. The lowest BCUT2D eigenvalue weighted by Gasteiger charge is -2.27. The number of sulfone groups is 1. The molecule has 0 saturated heterocycles. The molecule has 5 nitrogen and oxygen atoms in total. The van der Waals surface area contributed by atoms with Gasteiger partial charge in [0.1, 0.15) is 0 Å². The quantitative estimate of drug-likeness (QED) is 0.802. The summed E-state index contributed by atoms with van der Waals surface area (Å²) in [7, 11) is -3.83. The summed E-state index contributed by atoms with van der Waals surface area (Å²) in [5, 5.41) is 0. The van der Waals surface area contributed by atoms with E-state index in [0.29, 0.717) is 0 Å². The zero-order chi connectivity index (χ0) is 13.8. The summed E-state index contributed by atoms with van der Waals surface area (Å²) in [6.07, 6.45) is 0. The normalized spacial score (nSPS) is 17.1. The molecule has 102 valence electrons. The summed E-state index contributed by atoms with van der Waals surface area (Å²) in [6.45, 7) is 3.09. The summed E-state index contributed by atoms with van der Waals surface area (Å²) in [4.78, 5) is -1.63. The Morgan fingerprint density at radius 3 is 2.33 bits per heavy atom. The van der Waals surface area contributed by atoms with Crippen LogP contribution in [0.2, 0.25) is 0 Å². The fourth-order valence-electron chi connectivity index (χ4n) is 1.58. The number of hydrogen-bond acceptors (Lipinski definition) is 4. The molecule has 2 atom stereocenters. The maximum Gasteiger partial charge on any atom is 0.208 e. The first-order valence-corrected chi connectivity index (χ1v) is 8.10. The van der Waals surface area contributed by atoms with Crippen LogP contribution in [0.5, 0.6) is 0 Å². The Morgan fingerprint density at radius 1 is 1.33 bits per heavy atom. The minimum Gasteiger partial charge on any atom is -0.358 e. The van der Waals surface area contributed by atoms with E-state index in [4.69, 9.17) is 9.29 Å². The van der Waals surface area contributed by atoms with E-state index < -0.39 is 31.6 Å². The Morgan fingerprint density at radius 2 is 1.89 bits per heavy atom. The van der Waals surface area contributed by atoms with E-state index in [1.807, 2.05) is 0 Å². The van der Waals surface area contributed by atoms with Gasteiger partial charge in [-0.05, 0) is 26.0 Å². The van der Waals surface area contributed by atoms with Crippen molar-refractivity contribution < 1.29 is 21.9 Å². The third-order valence-electron chi connectivity index (χ3n) is 2.46. The van der Waals surface area contributed by atoms with Crippen molar-refractivity contribution in [2.24, 2.45) is 0 Å². The summed E-state index contributed by atoms with van der Waals surface area (Å²) in [6, 6.07) is 7.76. The van der Waals surface area contributed by atoms with Gasteiger partial charge in [0.25, 0.3) is 0 Å². The van der Waals surface area contributed by atoms with E-state index in [9.17, 15) is 12.6 Å². The first-order valence-electron chi connectivity index (χ1n) is 5.34. The third-order valence-corrected chi connectivity index (χ3v) is 5.73. The highest BCUT2D eigenvalue weighted by Gasteiger charge is 2.42. The molecular weight excluding hydrogens is 276 g/mol. The second-order valence-electron chi connectivity index (χ2n) is 3.85. The maximum absolute atomic E-state index is 12.4. The number of ether oxygens (including phenoxy) is 1. The van der Waals surface area contributed by atoms with Gasteiger partial charge in [-0.25, -0.2) is 12.6 Å². The van der Waals surface area contributed by atoms with Crippen molar-refractivity contribution in [2.75, 3.05) is 12.4 Å². The molecule has 0 spiro atoms. The van der Waals surface area contributed by atoms with Gasteiger partial charge in [-0.15, -0.1) is 0 Å². The van der Waals surface area contributed by atoms with Gasteiger partial charge in [-0.1, -0.05) is 18.2 Å². The molecule has 1 aromatic rings. The van der Waals surface area contributed by atoms with Gasteiger partial charge in [0.2, 0.25) is 9.84 Å². The van der Waals surface area contributed by atoms with Gasteiger partial charge in [0.05, 0.1) is 10.6 Å². The molecule has 0 aliphatic heterocycles. The molecule has 1 rings (SSSR count). The molecule has 0 saturated carbocycles. The molecule has 1 aromatic carbocycles. The van der Waals surface area contributed by atoms with Gasteiger partial charge in [-0.3, -0.25) is 0 Å². The van der Waals surface area contributed by atoms with Gasteiger partial charge < -0.3 is 9.29 Å². The van der Waals surface area contributed by atoms with Crippen LogP contribution >= 0.6 is 0 Å². The van der Waals surface area contributed by atoms with Crippen LogP contribution in [0.15, 0.2) is 35.2 Å². The second kappa shape index (κ2) is 5.92. The highest BCUT2D eigenvalue weighted by molar-refractivity contribution is 7.93. The minimum absolute atomic E-state index is 0.0754. The number of benzene rings is 1. The predicted molar refractivity (Wildman–Crippen MR) is 69.3 cm³/mol. The van der Waals surface area contributed by atoms with E-state index in [1.165, 1.54) is 19.1 Å². The van der Waals surface area contributed by atoms with Crippen molar-refractivity contribution in [2.45, 2.75) is 23.7 Å². The topological polar surface area (TPSA) is 80.7 Å². The molecule has 0 amide bonds. The standard InChI is InChI=1S/C11H16O5S2/c1-3-16-11(2,9-17(12)13)18(14,15)10-7-5-4-6-8-10/h4-8H,3,9H2,1-2H3,(H,12,13). The zero-order valence-electron chi connectivity index (χ0n) is 10.2. The maximum atomic E-state index is 12.4. The van der Waals surface area contributed by atoms with E-state index in [2.05, 4.69) is 0 Å². The van der Waals surface area contributed by atoms with Crippen LogP contribution in [0.1, 0.15) is 13.8 Å². The van der Waals surface area contributed by atoms with Crippen molar-refractivity contribution in [1.29, 1.82) is 0 Å². The van der Waals surface area contributed by atoms with Crippen LogP contribution in [0.4, 0.5) is 0 Å². The summed E-state index contributed by atoms with van der Waals surface area (Å²) in [5.74, 6) is -0.488. The van der Waals surface area contributed by atoms with Gasteiger partial charge in [0, 0.05) is 6.61 Å². The summed E-state index contributed by atoms with van der Waals surface area (Å²) >= 11 is -2.26. The van der Waals surface area contributed by atoms with Crippen LogP contribution in [0.3, 0.4) is 0 Å². The molecule has 2 unspecified atom stereocenters. The smallest absolute Gasteiger partial charge is 0.208 e.